The number of ether oxygens (including phenoxy) is 2. The third-order valence-corrected chi connectivity index (χ3v) is 7.94. The minimum atomic E-state index is -3.54. The molecule has 4 rings (SSSR count). The first-order valence-electron chi connectivity index (χ1n) is 9.46. The number of hydrogen-bond donors (Lipinski definition) is 0. The molecule has 0 aliphatic carbocycles. The Morgan fingerprint density at radius 2 is 1.79 bits per heavy atom. The van der Waals surface area contributed by atoms with Gasteiger partial charge in [0.2, 0.25) is 10.0 Å². The molecule has 2 aliphatic rings. The molecule has 5 nitrogen and oxygen atoms in total. The van der Waals surface area contributed by atoms with Crippen molar-refractivity contribution in [2.24, 2.45) is 0 Å². The van der Waals surface area contributed by atoms with Crippen LogP contribution in [0.1, 0.15) is 30.1 Å². The highest BCUT2D eigenvalue weighted by Gasteiger charge is 2.45. The fraction of sp³-hybridized carbons (Fsp3) is 0.429. The molecule has 0 saturated carbocycles. The molecule has 0 radical (unpaired) electrons. The number of sulfonamides is 1. The lowest BCUT2D eigenvalue weighted by Crippen LogP contribution is -2.56. The molecule has 0 amide bonds. The molecule has 0 bridgehead atoms. The van der Waals surface area contributed by atoms with Crippen molar-refractivity contribution >= 4 is 26.0 Å². The highest BCUT2D eigenvalue weighted by Crippen LogP contribution is 2.40. The quantitative estimate of drug-likeness (QED) is 0.685. The van der Waals surface area contributed by atoms with Crippen LogP contribution in [-0.4, -0.2) is 44.6 Å². The van der Waals surface area contributed by atoms with Gasteiger partial charge in [0.1, 0.15) is 0 Å². The van der Waals surface area contributed by atoms with Crippen molar-refractivity contribution in [3.63, 3.8) is 0 Å². The Labute approximate surface area is 174 Å². The Kier molecular flexibility index (Phi) is 5.64. The van der Waals surface area contributed by atoms with Gasteiger partial charge in [-0.2, -0.15) is 4.31 Å². The van der Waals surface area contributed by atoms with E-state index in [0.29, 0.717) is 44.0 Å². The van der Waals surface area contributed by atoms with Gasteiger partial charge in [0, 0.05) is 30.4 Å². The molecule has 2 fully saturated rings. The summed E-state index contributed by atoms with van der Waals surface area (Å²) in [5.41, 5.74) is 1.62. The first-order chi connectivity index (χ1) is 13.4. The number of morpholine rings is 1. The molecular weight excluding hydrogens is 442 g/mol. The summed E-state index contributed by atoms with van der Waals surface area (Å²) in [5, 5.41) is 0. The Balaban J connectivity index is 1.55. The van der Waals surface area contributed by atoms with Crippen LogP contribution in [-0.2, 0) is 19.5 Å². The minimum absolute atomic E-state index is 0.0936. The molecule has 0 N–H and O–H groups in total. The molecule has 1 spiro atoms. The summed E-state index contributed by atoms with van der Waals surface area (Å²) in [4.78, 5) is 0.340. The predicted octanol–water partition coefficient (Wildman–Crippen LogP) is 4.07. The first-order valence-corrected chi connectivity index (χ1v) is 11.7. The van der Waals surface area contributed by atoms with Crippen LogP contribution in [0.2, 0.25) is 0 Å². The molecule has 2 aliphatic heterocycles. The summed E-state index contributed by atoms with van der Waals surface area (Å²) in [5.74, 6) is 0. The Hall–Kier alpha value is -1.25. The van der Waals surface area contributed by atoms with E-state index in [9.17, 15) is 8.42 Å². The van der Waals surface area contributed by atoms with Crippen molar-refractivity contribution in [1.82, 2.24) is 4.31 Å². The maximum Gasteiger partial charge on any atom is 0.243 e. The van der Waals surface area contributed by atoms with Crippen LogP contribution in [0.15, 0.2) is 57.9 Å². The summed E-state index contributed by atoms with van der Waals surface area (Å²) < 4.78 is 41.0. The van der Waals surface area contributed by atoms with Gasteiger partial charge < -0.3 is 9.47 Å². The standard InChI is InChI=1S/C21H24BrNO4S/c1-16-2-8-19(9-3-16)28(24,25)23-11-13-27-21(15-23)10-12-26-20(14-21)17-4-6-18(22)7-5-17/h2-9,20H,10-15H2,1H3/t20-,21+/m1/s1. The number of halogens is 1. The highest BCUT2D eigenvalue weighted by atomic mass is 79.9. The van der Waals surface area contributed by atoms with E-state index >= 15 is 0 Å². The number of aryl methyl sites for hydroxylation is 1. The molecule has 2 saturated heterocycles. The van der Waals surface area contributed by atoms with Crippen molar-refractivity contribution in [1.29, 1.82) is 0 Å². The molecule has 0 aromatic heterocycles. The summed E-state index contributed by atoms with van der Waals surface area (Å²) in [6, 6.07) is 15.1. The van der Waals surface area contributed by atoms with Crippen molar-refractivity contribution in [2.75, 3.05) is 26.3 Å². The van der Waals surface area contributed by atoms with Gasteiger partial charge in [-0.05, 0) is 36.8 Å². The normalized spacial score (nSPS) is 26.4. The smallest absolute Gasteiger partial charge is 0.243 e. The van der Waals surface area contributed by atoms with Gasteiger partial charge in [0.15, 0.2) is 0 Å². The third-order valence-electron chi connectivity index (χ3n) is 5.55. The van der Waals surface area contributed by atoms with Crippen LogP contribution < -0.4 is 0 Å². The van der Waals surface area contributed by atoms with Crippen LogP contribution in [0, 0.1) is 6.92 Å². The van der Waals surface area contributed by atoms with Crippen molar-refractivity contribution in [2.45, 2.75) is 36.4 Å². The largest absolute Gasteiger partial charge is 0.373 e. The van der Waals surface area contributed by atoms with E-state index in [1.54, 1.807) is 16.4 Å². The second-order valence-electron chi connectivity index (χ2n) is 7.55. The zero-order chi connectivity index (χ0) is 19.8. The van der Waals surface area contributed by atoms with Gasteiger partial charge >= 0.3 is 0 Å². The van der Waals surface area contributed by atoms with E-state index in [1.807, 2.05) is 43.3 Å². The summed E-state index contributed by atoms with van der Waals surface area (Å²) >= 11 is 3.46. The monoisotopic (exact) mass is 465 g/mol. The van der Waals surface area contributed by atoms with Gasteiger partial charge in [-0.3, -0.25) is 0 Å². The zero-order valence-electron chi connectivity index (χ0n) is 15.8. The molecule has 0 unspecified atom stereocenters. The van der Waals surface area contributed by atoms with Crippen LogP contribution in [0.3, 0.4) is 0 Å². The average Bonchev–Trinajstić information content (AvgIpc) is 2.69. The van der Waals surface area contributed by atoms with Crippen LogP contribution in [0.4, 0.5) is 0 Å². The zero-order valence-corrected chi connectivity index (χ0v) is 18.2. The molecule has 2 aromatic rings. The highest BCUT2D eigenvalue weighted by molar-refractivity contribution is 9.10. The van der Waals surface area contributed by atoms with Gasteiger partial charge in [0.25, 0.3) is 0 Å². The Morgan fingerprint density at radius 3 is 2.50 bits per heavy atom. The Bertz CT molecular complexity index is 926. The van der Waals surface area contributed by atoms with Gasteiger partial charge in [-0.1, -0.05) is 45.8 Å². The molecule has 28 heavy (non-hydrogen) atoms. The summed E-state index contributed by atoms with van der Waals surface area (Å²) in [7, 11) is -3.54. The number of hydrogen-bond acceptors (Lipinski definition) is 4. The van der Waals surface area contributed by atoms with E-state index < -0.39 is 15.6 Å². The molecule has 2 aromatic carbocycles. The molecule has 7 heteroatoms. The lowest BCUT2D eigenvalue weighted by Gasteiger charge is -2.46. The van der Waals surface area contributed by atoms with Gasteiger partial charge in [0.05, 0.1) is 29.8 Å². The number of rotatable bonds is 3. The number of benzene rings is 2. The van der Waals surface area contributed by atoms with E-state index in [-0.39, 0.29) is 6.10 Å². The van der Waals surface area contributed by atoms with Gasteiger partial charge in [-0.25, -0.2) is 8.42 Å². The van der Waals surface area contributed by atoms with E-state index in [4.69, 9.17) is 9.47 Å². The summed E-state index contributed by atoms with van der Waals surface area (Å²) in [6.07, 6.45) is 1.25. The van der Waals surface area contributed by atoms with Crippen LogP contribution in [0.25, 0.3) is 0 Å². The fourth-order valence-electron chi connectivity index (χ4n) is 3.93. The van der Waals surface area contributed by atoms with Crippen LogP contribution in [0.5, 0.6) is 0 Å². The summed E-state index contributed by atoms with van der Waals surface area (Å²) in [6.45, 7) is 3.64. The van der Waals surface area contributed by atoms with Gasteiger partial charge in [-0.15, -0.1) is 0 Å². The van der Waals surface area contributed by atoms with Crippen LogP contribution >= 0.6 is 15.9 Å². The van der Waals surface area contributed by atoms with Crippen molar-refractivity contribution in [3.8, 4) is 0 Å². The SMILES string of the molecule is Cc1ccc(S(=O)(=O)N2CCO[C@]3(CCO[C@@H](c4ccc(Br)cc4)C3)C2)cc1. The topological polar surface area (TPSA) is 55.8 Å². The average molecular weight is 466 g/mol. The lowest BCUT2D eigenvalue weighted by molar-refractivity contribution is -0.163. The second kappa shape index (κ2) is 7.88. The first kappa shape index (κ1) is 20.0. The second-order valence-corrected chi connectivity index (χ2v) is 10.4. The number of nitrogens with zero attached hydrogens (tertiary/aromatic N) is 1. The molecular formula is C21H24BrNO4S. The van der Waals surface area contributed by atoms with E-state index in [1.165, 1.54) is 0 Å². The lowest BCUT2D eigenvalue weighted by atomic mass is 9.86. The predicted molar refractivity (Wildman–Crippen MR) is 111 cm³/mol. The minimum Gasteiger partial charge on any atom is -0.373 e. The van der Waals surface area contributed by atoms with E-state index in [0.717, 1.165) is 15.6 Å². The third kappa shape index (κ3) is 4.04. The maximum absolute atomic E-state index is 13.1. The van der Waals surface area contributed by atoms with Crippen molar-refractivity contribution < 1.29 is 17.9 Å². The fourth-order valence-corrected chi connectivity index (χ4v) is 5.69. The molecule has 150 valence electrons. The van der Waals surface area contributed by atoms with E-state index in [2.05, 4.69) is 15.9 Å². The molecule has 2 heterocycles. The maximum atomic E-state index is 13.1. The van der Waals surface area contributed by atoms with Crippen molar-refractivity contribution in [3.05, 3.63) is 64.1 Å². The Morgan fingerprint density at radius 1 is 1.07 bits per heavy atom. The molecule has 2 atom stereocenters.